The Balaban J connectivity index is 2.77. The van der Waals surface area contributed by atoms with E-state index in [1.807, 2.05) is 0 Å². The van der Waals surface area contributed by atoms with Crippen LogP contribution in [0.4, 0.5) is 0 Å². The molecule has 0 aromatic heterocycles. The molecule has 1 aliphatic heterocycles. The number of carboxylic acids is 1. The standard InChI is InChI=1S/C17H33N7O4/c18-8-2-1-5-11(19)14(25)23-12(6-3-9-22-17(20)21)15(26)24-10-4-7-13(24)16(27)28/h11-13H,1-10,18-19H2,(H,23,25)(H,27,28)(H4,20,21,22)/t11-,12-,13+/m0/s1. The highest BCUT2D eigenvalue weighted by atomic mass is 16.4. The van der Waals surface area contributed by atoms with Gasteiger partial charge in [-0.05, 0) is 45.1 Å². The zero-order valence-electron chi connectivity index (χ0n) is 16.2. The lowest BCUT2D eigenvalue weighted by Gasteiger charge is -2.28. The van der Waals surface area contributed by atoms with E-state index < -0.39 is 35.9 Å². The molecule has 1 aliphatic rings. The lowest BCUT2D eigenvalue weighted by atomic mass is 10.1. The van der Waals surface area contributed by atoms with Gasteiger partial charge in [-0.3, -0.25) is 14.6 Å². The van der Waals surface area contributed by atoms with Gasteiger partial charge in [-0.15, -0.1) is 0 Å². The van der Waals surface area contributed by atoms with E-state index in [1.54, 1.807) is 0 Å². The number of aliphatic carboxylic acids is 1. The molecule has 0 spiro atoms. The van der Waals surface area contributed by atoms with Gasteiger partial charge in [0.2, 0.25) is 11.8 Å². The predicted molar refractivity (Wildman–Crippen MR) is 105 cm³/mol. The van der Waals surface area contributed by atoms with Crippen LogP contribution in [0.5, 0.6) is 0 Å². The minimum absolute atomic E-state index is 0.0562. The van der Waals surface area contributed by atoms with Crippen LogP contribution in [0.3, 0.4) is 0 Å². The monoisotopic (exact) mass is 399 g/mol. The summed E-state index contributed by atoms with van der Waals surface area (Å²) in [5.74, 6) is -1.96. The molecule has 160 valence electrons. The van der Waals surface area contributed by atoms with Gasteiger partial charge in [-0.2, -0.15) is 0 Å². The Morgan fingerprint density at radius 1 is 1.18 bits per heavy atom. The van der Waals surface area contributed by atoms with E-state index in [1.165, 1.54) is 4.90 Å². The van der Waals surface area contributed by atoms with E-state index in [-0.39, 0.29) is 12.4 Å². The normalized spacial score (nSPS) is 18.4. The van der Waals surface area contributed by atoms with Gasteiger partial charge >= 0.3 is 5.97 Å². The van der Waals surface area contributed by atoms with Gasteiger partial charge in [0.25, 0.3) is 0 Å². The van der Waals surface area contributed by atoms with Gasteiger partial charge in [-0.1, -0.05) is 6.42 Å². The van der Waals surface area contributed by atoms with Crippen LogP contribution in [0.15, 0.2) is 4.99 Å². The molecule has 28 heavy (non-hydrogen) atoms. The summed E-state index contributed by atoms with van der Waals surface area (Å²) in [6.45, 7) is 1.16. The number of nitrogens with zero attached hydrogens (tertiary/aromatic N) is 2. The number of rotatable bonds is 12. The van der Waals surface area contributed by atoms with Crippen molar-refractivity contribution in [3.05, 3.63) is 0 Å². The first-order valence-corrected chi connectivity index (χ1v) is 9.62. The number of nitrogens with one attached hydrogen (secondary N) is 1. The topological polar surface area (TPSA) is 203 Å². The van der Waals surface area contributed by atoms with E-state index in [9.17, 15) is 19.5 Å². The van der Waals surface area contributed by atoms with Crippen LogP contribution in [0, 0.1) is 0 Å². The van der Waals surface area contributed by atoms with Gasteiger partial charge in [0.15, 0.2) is 5.96 Å². The van der Waals surface area contributed by atoms with E-state index in [0.29, 0.717) is 51.7 Å². The second kappa shape index (κ2) is 12.1. The van der Waals surface area contributed by atoms with Crippen LogP contribution in [0.1, 0.15) is 44.9 Å². The van der Waals surface area contributed by atoms with Gasteiger partial charge in [0.05, 0.1) is 6.04 Å². The Labute approximate surface area is 164 Å². The van der Waals surface area contributed by atoms with Gasteiger partial charge < -0.3 is 38.3 Å². The largest absolute Gasteiger partial charge is 0.480 e. The third kappa shape index (κ3) is 7.69. The first-order valence-electron chi connectivity index (χ1n) is 9.62. The van der Waals surface area contributed by atoms with Crippen molar-refractivity contribution >= 4 is 23.7 Å². The maximum absolute atomic E-state index is 12.9. The van der Waals surface area contributed by atoms with Crippen molar-refractivity contribution in [3.8, 4) is 0 Å². The number of carboxylic acid groups (broad SMARTS) is 1. The van der Waals surface area contributed by atoms with Crippen LogP contribution in [0.25, 0.3) is 0 Å². The average molecular weight is 399 g/mol. The summed E-state index contributed by atoms with van der Waals surface area (Å²) < 4.78 is 0. The molecule has 1 saturated heterocycles. The third-order valence-electron chi connectivity index (χ3n) is 4.69. The summed E-state index contributed by atoms with van der Waals surface area (Å²) in [6.07, 6.45) is 3.66. The summed E-state index contributed by atoms with van der Waals surface area (Å²) in [5.41, 5.74) is 21.9. The van der Waals surface area contributed by atoms with Gasteiger partial charge in [0.1, 0.15) is 12.1 Å². The van der Waals surface area contributed by atoms with E-state index in [0.717, 1.165) is 6.42 Å². The summed E-state index contributed by atoms with van der Waals surface area (Å²) in [5, 5.41) is 12.0. The zero-order valence-corrected chi connectivity index (χ0v) is 16.2. The van der Waals surface area contributed by atoms with Crippen molar-refractivity contribution in [2.24, 2.45) is 27.9 Å². The maximum Gasteiger partial charge on any atom is 0.326 e. The number of likely N-dealkylation sites (tertiary alicyclic amines) is 1. The molecular formula is C17H33N7O4. The van der Waals surface area contributed by atoms with Crippen molar-refractivity contribution in [3.63, 3.8) is 0 Å². The average Bonchev–Trinajstić information content (AvgIpc) is 3.13. The van der Waals surface area contributed by atoms with Crippen molar-refractivity contribution in [2.75, 3.05) is 19.6 Å². The first kappa shape index (κ1) is 23.6. The molecule has 10 N–H and O–H groups in total. The van der Waals surface area contributed by atoms with Gasteiger partial charge in [0, 0.05) is 13.1 Å². The fourth-order valence-corrected chi connectivity index (χ4v) is 3.17. The quantitative estimate of drug-likeness (QED) is 0.123. The van der Waals surface area contributed by atoms with Crippen molar-refractivity contribution in [1.82, 2.24) is 10.2 Å². The number of hydrogen-bond donors (Lipinski definition) is 6. The molecule has 0 bridgehead atoms. The Hall–Kier alpha value is -2.40. The number of hydrogen-bond acceptors (Lipinski definition) is 6. The molecule has 1 heterocycles. The SMILES string of the molecule is NCCCC[C@H](N)C(=O)N[C@@H](CCCN=C(N)N)C(=O)N1CCC[C@@H]1C(=O)O. The van der Waals surface area contributed by atoms with E-state index in [2.05, 4.69) is 10.3 Å². The van der Waals surface area contributed by atoms with Crippen LogP contribution in [0.2, 0.25) is 0 Å². The molecule has 11 nitrogen and oxygen atoms in total. The second-order valence-electron chi connectivity index (χ2n) is 6.93. The Kier molecular flexibility index (Phi) is 10.2. The number of unbranched alkanes of at least 4 members (excludes halogenated alkanes) is 1. The molecule has 1 fully saturated rings. The first-order chi connectivity index (χ1) is 13.3. The fourth-order valence-electron chi connectivity index (χ4n) is 3.17. The number of aliphatic imine (C=N–C) groups is 1. The molecule has 0 aliphatic carbocycles. The van der Waals surface area contributed by atoms with Crippen LogP contribution in [-0.2, 0) is 14.4 Å². The molecule has 1 rings (SSSR count). The summed E-state index contributed by atoms with van der Waals surface area (Å²) >= 11 is 0. The second-order valence-corrected chi connectivity index (χ2v) is 6.93. The number of nitrogens with two attached hydrogens (primary N) is 4. The number of guanidine groups is 1. The number of carbonyl (C=O) groups is 3. The smallest absolute Gasteiger partial charge is 0.326 e. The highest BCUT2D eigenvalue weighted by Gasteiger charge is 2.37. The van der Waals surface area contributed by atoms with Crippen LogP contribution < -0.4 is 28.3 Å². The number of carbonyl (C=O) groups excluding carboxylic acids is 2. The summed E-state index contributed by atoms with van der Waals surface area (Å²) in [4.78, 5) is 41.9. The number of amides is 2. The Bertz CT molecular complexity index is 566. The Morgan fingerprint density at radius 2 is 1.89 bits per heavy atom. The minimum Gasteiger partial charge on any atom is -0.480 e. The molecule has 11 heteroatoms. The summed E-state index contributed by atoms with van der Waals surface area (Å²) in [6, 6.07) is -2.50. The highest BCUT2D eigenvalue weighted by molar-refractivity contribution is 5.92. The lowest BCUT2D eigenvalue weighted by molar-refractivity contribution is -0.149. The van der Waals surface area contributed by atoms with Crippen molar-refractivity contribution < 1.29 is 19.5 Å². The highest BCUT2D eigenvalue weighted by Crippen LogP contribution is 2.19. The van der Waals surface area contributed by atoms with Crippen LogP contribution >= 0.6 is 0 Å². The molecule has 0 aromatic carbocycles. The predicted octanol–water partition coefficient (Wildman–Crippen LogP) is -1.94. The molecule has 0 saturated carbocycles. The molecule has 2 amide bonds. The molecular weight excluding hydrogens is 366 g/mol. The van der Waals surface area contributed by atoms with E-state index in [4.69, 9.17) is 22.9 Å². The molecule has 0 unspecified atom stereocenters. The maximum atomic E-state index is 12.9. The molecule has 0 aromatic rings. The summed E-state index contributed by atoms with van der Waals surface area (Å²) in [7, 11) is 0. The Morgan fingerprint density at radius 3 is 2.50 bits per heavy atom. The minimum atomic E-state index is -1.05. The third-order valence-corrected chi connectivity index (χ3v) is 4.69. The lowest BCUT2D eigenvalue weighted by Crippen LogP contribution is -2.54. The molecule has 3 atom stereocenters. The van der Waals surface area contributed by atoms with Crippen molar-refractivity contribution in [1.29, 1.82) is 0 Å². The fraction of sp³-hybridized carbons (Fsp3) is 0.765. The van der Waals surface area contributed by atoms with Gasteiger partial charge in [-0.25, -0.2) is 4.79 Å². The molecule has 0 radical (unpaired) electrons. The van der Waals surface area contributed by atoms with E-state index >= 15 is 0 Å². The van der Waals surface area contributed by atoms with Crippen molar-refractivity contribution in [2.45, 2.75) is 63.1 Å². The van der Waals surface area contributed by atoms with Crippen LogP contribution in [-0.4, -0.2) is 71.5 Å². The zero-order chi connectivity index (χ0) is 21.1.